The van der Waals surface area contributed by atoms with Crippen LogP contribution in [-0.2, 0) is 6.42 Å². The van der Waals surface area contributed by atoms with Gasteiger partial charge < -0.3 is 10.5 Å². The van der Waals surface area contributed by atoms with Gasteiger partial charge in [-0.15, -0.1) is 6.58 Å². The Labute approximate surface area is 128 Å². The standard InChI is InChI=1S/C18H23NOSi/c1-4-21(2,3)14-20-18-11-7-16(8-12-18)13-15-5-9-17(19)10-6-15/h4-12H,1,13-14,19H2,2-3H3. The van der Waals surface area contributed by atoms with Crippen molar-refractivity contribution in [3.05, 3.63) is 71.9 Å². The van der Waals surface area contributed by atoms with Crippen LogP contribution in [0.3, 0.4) is 0 Å². The molecule has 0 saturated heterocycles. The van der Waals surface area contributed by atoms with Gasteiger partial charge in [-0.05, 0) is 41.8 Å². The minimum atomic E-state index is -1.41. The van der Waals surface area contributed by atoms with Gasteiger partial charge in [-0.25, -0.2) is 0 Å². The predicted octanol–water partition coefficient (Wildman–Crippen LogP) is 4.21. The highest BCUT2D eigenvalue weighted by Crippen LogP contribution is 2.17. The Morgan fingerprint density at radius 2 is 1.52 bits per heavy atom. The topological polar surface area (TPSA) is 35.2 Å². The van der Waals surface area contributed by atoms with Gasteiger partial charge in [-0.3, -0.25) is 0 Å². The zero-order chi connectivity index (χ0) is 15.3. The lowest BCUT2D eigenvalue weighted by atomic mass is 10.0. The first-order valence-corrected chi connectivity index (χ1v) is 10.5. The average Bonchev–Trinajstić information content (AvgIpc) is 2.49. The van der Waals surface area contributed by atoms with Crippen LogP contribution in [0.4, 0.5) is 5.69 Å². The van der Waals surface area contributed by atoms with Gasteiger partial charge in [-0.2, -0.15) is 0 Å². The Bertz CT molecular complexity index is 588. The number of nitrogen functional groups attached to an aromatic ring is 1. The predicted molar refractivity (Wildman–Crippen MR) is 93.3 cm³/mol. The van der Waals surface area contributed by atoms with E-state index in [1.165, 1.54) is 11.1 Å². The van der Waals surface area contributed by atoms with Gasteiger partial charge in [0.1, 0.15) is 13.8 Å². The SMILES string of the molecule is C=C[Si](C)(C)COc1ccc(Cc2ccc(N)cc2)cc1. The summed E-state index contributed by atoms with van der Waals surface area (Å²) < 4.78 is 5.86. The molecule has 0 radical (unpaired) electrons. The smallest absolute Gasteiger partial charge is 0.118 e. The molecule has 2 aromatic rings. The van der Waals surface area contributed by atoms with Crippen LogP contribution in [0.5, 0.6) is 5.75 Å². The molecule has 0 saturated carbocycles. The Morgan fingerprint density at radius 1 is 1.00 bits per heavy atom. The van der Waals surface area contributed by atoms with Crippen LogP contribution in [0.25, 0.3) is 0 Å². The lowest BCUT2D eigenvalue weighted by Gasteiger charge is -2.17. The Hall–Kier alpha value is -2.00. The van der Waals surface area contributed by atoms with E-state index in [0.717, 1.165) is 24.1 Å². The average molecular weight is 297 g/mol. The van der Waals surface area contributed by atoms with Crippen LogP contribution in [0, 0.1) is 0 Å². The van der Waals surface area contributed by atoms with Gasteiger partial charge in [-0.1, -0.05) is 43.1 Å². The molecule has 0 bridgehead atoms. The van der Waals surface area contributed by atoms with Crippen molar-refractivity contribution in [1.29, 1.82) is 0 Å². The van der Waals surface area contributed by atoms with Crippen molar-refractivity contribution in [2.45, 2.75) is 19.5 Å². The maximum absolute atomic E-state index is 5.86. The molecule has 0 spiro atoms. The fourth-order valence-corrected chi connectivity index (χ4v) is 2.56. The third-order valence-corrected chi connectivity index (χ3v) is 5.47. The van der Waals surface area contributed by atoms with E-state index in [-0.39, 0.29) is 0 Å². The third kappa shape index (κ3) is 4.79. The molecule has 2 N–H and O–H groups in total. The molecule has 0 aliphatic heterocycles. The molecule has 3 heteroatoms. The van der Waals surface area contributed by atoms with E-state index < -0.39 is 8.07 Å². The zero-order valence-corrected chi connectivity index (χ0v) is 13.8. The van der Waals surface area contributed by atoms with E-state index in [0.29, 0.717) is 0 Å². The summed E-state index contributed by atoms with van der Waals surface area (Å²) in [6.07, 6.45) is 1.68. The van der Waals surface area contributed by atoms with Crippen LogP contribution in [0.2, 0.25) is 13.1 Å². The summed E-state index contributed by atoms with van der Waals surface area (Å²) in [5.41, 5.74) is 11.1. The van der Waals surface area contributed by atoms with Gasteiger partial charge in [0.25, 0.3) is 0 Å². The number of hydrogen-bond acceptors (Lipinski definition) is 2. The van der Waals surface area contributed by atoms with Gasteiger partial charge in [0.15, 0.2) is 0 Å². The second kappa shape index (κ2) is 6.63. The molecule has 0 fully saturated rings. The van der Waals surface area contributed by atoms with Gasteiger partial charge >= 0.3 is 0 Å². The Kier molecular flexibility index (Phi) is 4.86. The number of ether oxygens (including phenoxy) is 1. The fourth-order valence-electron chi connectivity index (χ4n) is 1.90. The Balaban J connectivity index is 1.95. The van der Waals surface area contributed by atoms with Gasteiger partial charge in [0.05, 0.1) is 6.23 Å². The molecular weight excluding hydrogens is 274 g/mol. The van der Waals surface area contributed by atoms with E-state index in [2.05, 4.69) is 49.6 Å². The first kappa shape index (κ1) is 15.4. The van der Waals surface area contributed by atoms with Crippen molar-refractivity contribution in [2.75, 3.05) is 12.0 Å². The first-order valence-electron chi connectivity index (χ1n) is 7.18. The van der Waals surface area contributed by atoms with Crippen LogP contribution in [0.1, 0.15) is 11.1 Å². The van der Waals surface area contributed by atoms with E-state index in [9.17, 15) is 0 Å². The molecule has 0 aliphatic rings. The number of anilines is 1. The van der Waals surface area contributed by atoms with E-state index in [1.807, 2.05) is 24.3 Å². The van der Waals surface area contributed by atoms with Crippen molar-refractivity contribution >= 4 is 13.8 Å². The molecule has 0 amide bonds. The number of hydrogen-bond donors (Lipinski definition) is 1. The van der Waals surface area contributed by atoms with Crippen molar-refractivity contribution in [3.63, 3.8) is 0 Å². The maximum Gasteiger partial charge on any atom is 0.118 e. The van der Waals surface area contributed by atoms with Crippen LogP contribution < -0.4 is 10.5 Å². The highest BCUT2D eigenvalue weighted by molar-refractivity contribution is 6.82. The molecule has 2 nitrogen and oxygen atoms in total. The summed E-state index contributed by atoms with van der Waals surface area (Å²) in [5, 5.41) is 0. The molecule has 21 heavy (non-hydrogen) atoms. The van der Waals surface area contributed by atoms with Crippen LogP contribution in [0.15, 0.2) is 60.8 Å². The number of benzene rings is 2. The number of rotatable bonds is 6. The lowest BCUT2D eigenvalue weighted by Crippen LogP contribution is -2.31. The Morgan fingerprint density at radius 3 is 2.05 bits per heavy atom. The molecule has 0 atom stereocenters. The largest absolute Gasteiger partial charge is 0.497 e. The monoisotopic (exact) mass is 297 g/mol. The molecule has 0 aliphatic carbocycles. The van der Waals surface area contributed by atoms with E-state index in [4.69, 9.17) is 10.5 Å². The van der Waals surface area contributed by atoms with Crippen molar-refractivity contribution in [3.8, 4) is 5.75 Å². The highest BCUT2D eigenvalue weighted by atomic mass is 28.3. The summed E-state index contributed by atoms with van der Waals surface area (Å²) >= 11 is 0. The molecule has 0 heterocycles. The molecule has 0 unspecified atom stereocenters. The minimum Gasteiger partial charge on any atom is -0.497 e. The molecule has 110 valence electrons. The second-order valence-corrected chi connectivity index (χ2v) is 10.7. The minimum absolute atomic E-state index is 0.772. The molecule has 2 rings (SSSR count). The third-order valence-electron chi connectivity index (χ3n) is 3.47. The lowest BCUT2D eigenvalue weighted by molar-refractivity contribution is 0.379. The maximum atomic E-state index is 5.86. The molecule has 2 aromatic carbocycles. The van der Waals surface area contributed by atoms with E-state index in [1.54, 1.807) is 0 Å². The second-order valence-electron chi connectivity index (χ2n) is 6.04. The van der Waals surface area contributed by atoms with Crippen LogP contribution >= 0.6 is 0 Å². The van der Waals surface area contributed by atoms with Crippen molar-refractivity contribution < 1.29 is 4.74 Å². The highest BCUT2D eigenvalue weighted by Gasteiger charge is 2.16. The summed E-state index contributed by atoms with van der Waals surface area (Å²) in [6, 6.07) is 16.3. The first-order chi connectivity index (χ1) is 9.98. The fraction of sp³-hybridized carbons (Fsp3) is 0.222. The van der Waals surface area contributed by atoms with Gasteiger partial charge in [0, 0.05) is 5.69 Å². The number of nitrogens with two attached hydrogens (primary N) is 1. The van der Waals surface area contributed by atoms with Crippen molar-refractivity contribution in [2.24, 2.45) is 0 Å². The quantitative estimate of drug-likeness (QED) is 0.640. The molecular formula is C18H23NOSi. The molecule has 0 aromatic heterocycles. The van der Waals surface area contributed by atoms with E-state index >= 15 is 0 Å². The van der Waals surface area contributed by atoms with Crippen molar-refractivity contribution in [1.82, 2.24) is 0 Å². The summed E-state index contributed by atoms with van der Waals surface area (Å²) in [4.78, 5) is 0. The van der Waals surface area contributed by atoms with Gasteiger partial charge in [0.2, 0.25) is 0 Å². The normalized spacial score (nSPS) is 11.1. The summed E-state index contributed by atoms with van der Waals surface area (Å²) in [7, 11) is -1.41. The summed E-state index contributed by atoms with van der Waals surface area (Å²) in [6.45, 7) is 8.38. The zero-order valence-electron chi connectivity index (χ0n) is 12.8. The summed E-state index contributed by atoms with van der Waals surface area (Å²) in [5.74, 6) is 0.929. The van der Waals surface area contributed by atoms with Crippen LogP contribution in [-0.4, -0.2) is 14.3 Å².